The quantitative estimate of drug-likeness (QED) is 0.232. The van der Waals surface area contributed by atoms with Crippen molar-refractivity contribution in [3.63, 3.8) is 0 Å². The maximum atomic E-state index is 13.6. The fourth-order valence-corrected chi connectivity index (χ4v) is 6.65. The van der Waals surface area contributed by atoms with Gasteiger partial charge in [0.05, 0.1) is 0 Å². The van der Waals surface area contributed by atoms with Gasteiger partial charge < -0.3 is 15.2 Å². The van der Waals surface area contributed by atoms with Crippen LogP contribution in [0.2, 0.25) is 10.0 Å². The summed E-state index contributed by atoms with van der Waals surface area (Å²) in [5.74, 6) is -2.03. The molecule has 0 bridgehead atoms. The number of hydrogen-bond donors (Lipinski definition) is 3. The van der Waals surface area contributed by atoms with Crippen molar-refractivity contribution >= 4 is 47.1 Å². The van der Waals surface area contributed by atoms with Crippen LogP contribution in [0.5, 0.6) is 0 Å². The van der Waals surface area contributed by atoms with Crippen LogP contribution in [0.1, 0.15) is 88.9 Å². The molecule has 2 aromatic carbocycles. The van der Waals surface area contributed by atoms with Gasteiger partial charge in [0, 0.05) is 39.9 Å². The maximum Gasteiger partial charge on any atom is 0.408 e. The second-order valence-electron chi connectivity index (χ2n) is 12.4. The SMILES string of the molecule is CC(C)(c1cccc(Cl)c1)C(OC(=O)N[C@@H](CC1CCCCC1)C(=O)NN1CC[C@H](CCC(=O)O)C1=O)c1ccccc1Cl. The van der Waals surface area contributed by atoms with E-state index >= 15 is 0 Å². The van der Waals surface area contributed by atoms with E-state index in [1.54, 1.807) is 24.3 Å². The molecule has 3 amide bonds. The summed E-state index contributed by atoms with van der Waals surface area (Å²) < 4.78 is 6.12. The number of halogens is 2. The number of carboxylic acid groups (broad SMARTS) is 1. The van der Waals surface area contributed by atoms with Crippen molar-refractivity contribution in [1.82, 2.24) is 15.8 Å². The number of nitrogens with one attached hydrogen (secondary N) is 2. The molecule has 0 aromatic heterocycles. The van der Waals surface area contributed by atoms with E-state index < -0.39 is 41.4 Å². The van der Waals surface area contributed by atoms with E-state index in [1.807, 2.05) is 38.1 Å². The zero-order chi connectivity index (χ0) is 31.9. The molecule has 238 valence electrons. The molecule has 9 nitrogen and oxygen atoms in total. The van der Waals surface area contributed by atoms with Crippen molar-refractivity contribution in [2.24, 2.45) is 11.8 Å². The van der Waals surface area contributed by atoms with E-state index in [0.717, 1.165) is 37.7 Å². The molecule has 2 aromatic rings. The summed E-state index contributed by atoms with van der Waals surface area (Å²) in [6, 6.07) is 13.5. The van der Waals surface area contributed by atoms with Crippen molar-refractivity contribution in [2.75, 3.05) is 6.54 Å². The van der Waals surface area contributed by atoms with Crippen LogP contribution >= 0.6 is 23.2 Å². The average Bonchev–Trinajstić information content (AvgIpc) is 3.33. The number of carbonyl (C=O) groups excluding carboxylic acids is 3. The third kappa shape index (κ3) is 8.66. The van der Waals surface area contributed by atoms with Gasteiger partial charge >= 0.3 is 12.1 Å². The Kier molecular flexibility index (Phi) is 11.5. The lowest BCUT2D eigenvalue weighted by Gasteiger charge is -2.36. The Morgan fingerprint density at radius 3 is 2.45 bits per heavy atom. The van der Waals surface area contributed by atoms with Crippen LogP contribution in [-0.2, 0) is 24.5 Å². The Bertz CT molecular complexity index is 1350. The van der Waals surface area contributed by atoms with Gasteiger partial charge in [-0.15, -0.1) is 0 Å². The van der Waals surface area contributed by atoms with E-state index in [-0.39, 0.29) is 31.2 Å². The largest absolute Gasteiger partial charge is 0.481 e. The number of amides is 3. The molecular formula is C33H41Cl2N3O6. The smallest absolute Gasteiger partial charge is 0.408 e. The number of nitrogens with zero attached hydrogens (tertiary/aromatic N) is 1. The zero-order valence-corrected chi connectivity index (χ0v) is 26.7. The molecule has 3 atom stereocenters. The highest BCUT2D eigenvalue weighted by Crippen LogP contribution is 2.42. The summed E-state index contributed by atoms with van der Waals surface area (Å²) in [7, 11) is 0. The Labute approximate surface area is 268 Å². The third-order valence-electron chi connectivity index (χ3n) is 8.81. The lowest BCUT2D eigenvalue weighted by atomic mass is 9.76. The molecule has 1 aliphatic heterocycles. The molecule has 1 saturated heterocycles. The number of carboxylic acids is 1. The third-order valence-corrected chi connectivity index (χ3v) is 9.39. The number of alkyl carbamates (subject to hydrolysis) is 1. The molecule has 4 rings (SSSR count). The highest BCUT2D eigenvalue weighted by Gasteiger charge is 2.39. The predicted octanol–water partition coefficient (Wildman–Crippen LogP) is 6.82. The number of carbonyl (C=O) groups is 4. The molecule has 1 heterocycles. The van der Waals surface area contributed by atoms with E-state index in [4.69, 9.17) is 33.0 Å². The van der Waals surface area contributed by atoms with Gasteiger partial charge in [-0.1, -0.05) is 99.5 Å². The molecule has 11 heteroatoms. The van der Waals surface area contributed by atoms with Gasteiger partial charge in [-0.2, -0.15) is 0 Å². The monoisotopic (exact) mass is 645 g/mol. The van der Waals surface area contributed by atoms with Crippen molar-refractivity contribution in [1.29, 1.82) is 0 Å². The summed E-state index contributed by atoms with van der Waals surface area (Å²) in [5, 5.41) is 14.0. The number of hydrogen-bond acceptors (Lipinski definition) is 5. The van der Waals surface area contributed by atoms with Gasteiger partial charge in [0.1, 0.15) is 12.1 Å². The van der Waals surface area contributed by atoms with Crippen LogP contribution in [-0.4, -0.2) is 46.6 Å². The van der Waals surface area contributed by atoms with E-state index in [1.165, 1.54) is 5.01 Å². The molecule has 0 radical (unpaired) electrons. The second-order valence-corrected chi connectivity index (χ2v) is 13.2. The lowest BCUT2D eigenvalue weighted by Crippen LogP contribution is -2.54. The van der Waals surface area contributed by atoms with E-state index in [2.05, 4.69) is 10.7 Å². The molecule has 2 fully saturated rings. The average molecular weight is 647 g/mol. The standard InChI is InChI=1S/C33H41Cl2N3O6/c1-33(2,23-11-8-12-24(34)20-23)29(25-13-6-7-14-26(25)35)44-32(43)36-27(19-21-9-4-3-5-10-21)30(41)37-38-18-17-22(31(38)42)15-16-28(39)40/h6-8,11-14,20-22,27,29H,3-5,9-10,15-19H2,1-2H3,(H,36,43)(H,37,41)(H,39,40)/t22-,27-,29?/m0/s1. The first-order valence-electron chi connectivity index (χ1n) is 15.3. The van der Waals surface area contributed by atoms with Crippen molar-refractivity contribution in [3.05, 3.63) is 69.7 Å². The highest BCUT2D eigenvalue weighted by atomic mass is 35.5. The fourth-order valence-electron chi connectivity index (χ4n) is 6.23. The van der Waals surface area contributed by atoms with Crippen LogP contribution in [0, 0.1) is 11.8 Å². The van der Waals surface area contributed by atoms with Gasteiger partial charge in [-0.05, 0) is 48.9 Å². The molecule has 1 saturated carbocycles. The molecule has 1 unspecified atom stereocenters. The van der Waals surface area contributed by atoms with Gasteiger partial charge in [-0.25, -0.2) is 4.79 Å². The van der Waals surface area contributed by atoms with Crippen LogP contribution < -0.4 is 10.7 Å². The van der Waals surface area contributed by atoms with Gasteiger partial charge in [-0.3, -0.25) is 24.8 Å². The number of hydrazine groups is 1. The van der Waals surface area contributed by atoms with Crippen molar-refractivity contribution in [2.45, 2.75) is 89.2 Å². The van der Waals surface area contributed by atoms with Crippen LogP contribution in [0.4, 0.5) is 4.79 Å². The Balaban J connectivity index is 1.53. The zero-order valence-electron chi connectivity index (χ0n) is 25.2. The number of ether oxygens (including phenoxy) is 1. The first-order valence-corrected chi connectivity index (χ1v) is 16.0. The number of benzene rings is 2. The summed E-state index contributed by atoms with van der Waals surface area (Å²) in [5.41, 5.74) is 3.37. The minimum Gasteiger partial charge on any atom is -0.481 e. The van der Waals surface area contributed by atoms with Crippen molar-refractivity contribution < 1.29 is 29.0 Å². The summed E-state index contributed by atoms with van der Waals surface area (Å²) in [6.45, 7) is 4.15. The van der Waals surface area contributed by atoms with Crippen LogP contribution in [0.25, 0.3) is 0 Å². The minimum atomic E-state index is -0.968. The fraction of sp³-hybridized carbons (Fsp3) is 0.515. The normalized spacial score (nSPS) is 18.9. The predicted molar refractivity (Wildman–Crippen MR) is 168 cm³/mol. The molecule has 44 heavy (non-hydrogen) atoms. The summed E-state index contributed by atoms with van der Waals surface area (Å²) in [4.78, 5) is 51.1. The number of rotatable bonds is 12. The van der Waals surface area contributed by atoms with Gasteiger partial charge in [0.15, 0.2) is 0 Å². The molecule has 1 aliphatic carbocycles. The number of aliphatic carboxylic acids is 1. The topological polar surface area (TPSA) is 125 Å². The minimum absolute atomic E-state index is 0.117. The highest BCUT2D eigenvalue weighted by molar-refractivity contribution is 6.31. The van der Waals surface area contributed by atoms with Crippen LogP contribution in [0.15, 0.2) is 48.5 Å². The molecular weight excluding hydrogens is 605 g/mol. The maximum absolute atomic E-state index is 13.6. The first-order chi connectivity index (χ1) is 21.0. The molecule has 3 N–H and O–H groups in total. The summed E-state index contributed by atoms with van der Waals surface area (Å²) in [6.07, 6.45) is 4.49. The molecule has 2 aliphatic rings. The Morgan fingerprint density at radius 1 is 1.05 bits per heavy atom. The Hall–Kier alpha value is -3.30. The van der Waals surface area contributed by atoms with E-state index in [0.29, 0.717) is 28.5 Å². The Morgan fingerprint density at radius 2 is 1.77 bits per heavy atom. The molecule has 0 spiro atoms. The van der Waals surface area contributed by atoms with Gasteiger partial charge in [0.2, 0.25) is 5.91 Å². The first kappa shape index (κ1) is 33.6. The van der Waals surface area contributed by atoms with Crippen LogP contribution in [0.3, 0.4) is 0 Å². The van der Waals surface area contributed by atoms with E-state index in [9.17, 15) is 19.2 Å². The second kappa shape index (κ2) is 15.1. The van der Waals surface area contributed by atoms with Crippen molar-refractivity contribution in [3.8, 4) is 0 Å². The van der Waals surface area contributed by atoms with Gasteiger partial charge in [0.25, 0.3) is 5.91 Å². The lowest BCUT2D eigenvalue weighted by molar-refractivity contribution is -0.142. The summed E-state index contributed by atoms with van der Waals surface area (Å²) >= 11 is 12.9.